The predicted octanol–water partition coefficient (Wildman–Crippen LogP) is 2.26. The Kier molecular flexibility index (Phi) is 3.17. The Morgan fingerprint density at radius 3 is 3.11 bits per heavy atom. The standard InChI is InChI=1S/C16H21NO2/c1-11-8-12-10-14-13(4-2-6-17-14)16(12,5-3-7-18)15(19)9-11/h2,4,6,11-12,18H,3,5,7-10H2,1H3/t11-,12+,16+/m1/s1. The van der Waals surface area contributed by atoms with Crippen molar-refractivity contribution >= 4 is 5.78 Å². The summed E-state index contributed by atoms with van der Waals surface area (Å²) in [4.78, 5) is 17.2. The highest BCUT2D eigenvalue weighted by Crippen LogP contribution is 2.52. The van der Waals surface area contributed by atoms with Crippen LogP contribution in [0.3, 0.4) is 0 Å². The van der Waals surface area contributed by atoms with E-state index in [1.807, 2.05) is 12.3 Å². The smallest absolute Gasteiger partial charge is 0.144 e. The number of aliphatic hydroxyl groups excluding tert-OH is 1. The summed E-state index contributed by atoms with van der Waals surface area (Å²) in [6.07, 6.45) is 6.01. The van der Waals surface area contributed by atoms with Crippen molar-refractivity contribution in [2.24, 2.45) is 11.8 Å². The second-order valence-corrected chi connectivity index (χ2v) is 6.17. The molecule has 0 spiro atoms. The molecule has 0 aromatic carbocycles. The molecule has 3 rings (SSSR count). The first kappa shape index (κ1) is 12.8. The van der Waals surface area contributed by atoms with Gasteiger partial charge in [-0.05, 0) is 49.1 Å². The summed E-state index contributed by atoms with van der Waals surface area (Å²) in [5.41, 5.74) is 1.90. The van der Waals surface area contributed by atoms with Gasteiger partial charge in [0.2, 0.25) is 0 Å². The molecule has 2 aliphatic rings. The van der Waals surface area contributed by atoms with Crippen LogP contribution in [-0.4, -0.2) is 22.5 Å². The second-order valence-electron chi connectivity index (χ2n) is 6.17. The first-order valence-corrected chi connectivity index (χ1v) is 7.27. The zero-order chi connectivity index (χ0) is 13.5. The lowest BCUT2D eigenvalue weighted by molar-refractivity contribution is -0.130. The van der Waals surface area contributed by atoms with Gasteiger partial charge in [0, 0.05) is 24.9 Å². The SMILES string of the molecule is C[C@H]1CC(=O)[C@]2(CCCO)c3cccnc3C[C@@H]2C1. The molecule has 1 fully saturated rings. The van der Waals surface area contributed by atoms with Crippen molar-refractivity contribution in [2.75, 3.05) is 6.61 Å². The van der Waals surface area contributed by atoms with Gasteiger partial charge >= 0.3 is 0 Å². The van der Waals surface area contributed by atoms with Crippen molar-refractivity contribution in [2.45, 2.75) is 44.4 Å². The average Bonchev–Trinajstić information content (AvgIpc) is 2.71. The number of rotatable bonds is 3. The van der Waals surface area contributed by atoms with Crippen molar-refractivity contribution in [3.63, 3.8) is 0 Å². The molecule has 2 aliphatic carbocycles. The zero-order valence-corrected chi connectivity index (χ0v) is 11.4. The van der Waals surface area contributed by atoms with E-state index in [0.29, 0.717) is 30.5 Å². The average molecular weight is 259 g/mol. The minimum Gasteiger partial charge on any atom is -0.396 e. The monoisotopic (exact) mass is 259 g/mol. The van der Waals surface area contributed by atoms with Crippen LogP contribution in [0, 0.1) is 11.8 Å². The number of Topliss-reactive ketones (excluding diaryl/α,β-unsaturated/α-hetero) is 1. The molecule has 0 unspecified atom stereocenters. The van der Waals surface area contributed by atoms with Crippen LogP contribution in [0.5, 0.6) is 0 Å². The minimum atomic E-state index is -0.348. The number of fused-ring (bicyclic) bond motifs is 3. The van der Waals surface area contributed by atoms with Crippen LogP contribution in [0.15, 0.2) is 18.3 Å². The van der Waals surface area contributed by atoms with Crippen molar-refractivity contribution < 1.29 is 9.90 Å². The van der Waals surface area contributed by atoms with Gasteiger partial charge in [0.25, 0.3) is 0 Å². The summed E-state index contributed by atoms with van der Waals surface area (Å²) >= 11 is 0. The van der Waals surface area contributed by atoms with Gasteiger partial charge in [0.15, 0.2) is 0 Å². The van der Waals surface area contributed by atoms with E-state index >= 15 is 0 Å². The second kappa shape index (κ2) is 4.71. The van der Waals surface area contributed by atoms with E-state index in [9.17, 15) is 9.90 Å². The molecular weight excluding hydrogens is 238 g/mol. The maximum absolute atomic E-state index is 12.8. The van der Waals surface area contributed by atoms with Crippen LogP contribution >= 0.6 is 0 Å². The molecule has 102 valence electrons. The Hall–Kier alpha value is -1.22. The van der Waals surface area contributed by atoms with Gasteiger partial charge in [-0.1, -0.05) is 13.0 Å². The topological polar surface area (TPSA) is 50.2 Å². The Labute approximate surface area is 114 Å². The van der Waals surface area contributed by atoms with E-state index in [4.69, 9.17) is 0 Å². The summed E-state index contributed by atoms with van der Waals surface area (Å²) < 4.78 is 0. The molecule has 1 saturated carbocycles. The molecule has 3 nitrogen and oxygen atoms in total. The summed E-state index contributed by atoms with van der Waals surface area (Å²) in [6.45, 7) is 2.33. The van der Waals surface area contributed by atoms with E-state index in [2.05, 4.69) is 18.0 Å². The molecule has 1 aromatic rings. The van der Waals surface area contributed by atoms with Crippen LogP contribution in [0.4, 0.5) is 0 Å². The number of ketones is 1. The van der Waals surface area contributed by atoms with E-state index in [1.165, 1.54) is 0 Å². The molecule has 1 aromatic heterocycles. The molecule has 0 aliphatic heterocycles. The van der Waals surface area contributed by atoms with Crippen LogP contribution in [-0.2, 0) is 16.6 Å². The van der Waals surface area contributed by atoms with E-state index < -0.39 is 0 Å². The molecule has 19 heavy (non-hydrogen) atoms. The highest BCUT2D eigenvalue weighted by Gasteiger charge is 2.54. The maximum atomic E-state index is 12.8. The molecule has 0 bridgehead atoms. The number of hydrogen-bond donors (Lipinski definition) is 1. The number of hydrogen-bond acceptors (Lipinski definition) is 3. The number of carbonyl (C=O) groups excluding carboxylic acids is 1. The fraction of sp³-hybridized carbons (Fsp3) is 0.625. The molecule has 0 radical (unpaired) electrons. The van der Waals surface area contributed by atoms with Crippen molar-refractivity contribution in [3.05, 3.63) is 29.6 Å². The third kappa shape index (κ3) is 1.83. The van der Waals surface area contributed by atoms with Crippen molar-refractivity contribution in [3.8, 4) is 0 Å². The molecular formula is C16H21NO2. The minimum absolute atomic E-state index is 0.160. The summed E-state index contributed by atoms with van der Waals surface area (Å²) in [5.74, 6) is 1.24. The van der Waals surface area contributed by atoms with Gasteiger partial charge < -0.3 is 5.11 Å². The summed E-state index contributed by atoms with van der Waals surface area (Å²) in [6, 6.07) is 4.01. The van der Waals surface area contributed by atoms with Gasteiger partial charge in [-0.25, -0.2) is 0 Å². The van der Waals surface area contributed by atoms with Crippen molar-refractivity contribution in [1.82, 2.24) is 4.98 Å². The van der Waals surface area contributed by atoms with Crippen LogP contribution in [0.2, 0.25) is 0 Å². The van der Waals surface area contributed by atoms with Gasteiger partial charge in [0.05, 0.1) is 5.41 Å². The number of carbonyl (C=O) groups is 1. The first-order chi connectivity index (χ1) is 9.18. The molecule has 3 atom stereocenters. The Morgan fingerprint density at radius 1 is 1.47 bits per heavy atom. The molecule has 1 heterocycles. The molecule has 3 heteroatoms. The quantitative estimate of drug-likeness (QED) is 0.906. The number of pyridine rings is 1. The van der Waals surface area contributed by atoms with E-state index in [-0.39, 0.29) is 12.0 Å². The van der Waals surface area contributed by atoms with Crippen LogP contribution in [0.1, 0.15) is 43.9 Å². The van der Waals surface area contributed by atoms with Gasteiger partial charge in [-0.3, -0.25) is 9.78 Å². The fourth-order valence-electron chi connectivity index (χ4n) is 4.20. The molecule has 0 saturated heterocycles. The van der Waals surface area contributed by atoms with Gasteiger partial charge in [-0.15, -0.1) is 0 Å². The van der Waals surface area contributed by atoms with E-state index in [1.54, 1.807) is 0 Å². The third-order valence-electron chi connectivity index (χ3n) is 4.96. The number of aliphatic hydroxyl groups is 1. The largest absolute Gasteiger partial charge is 0.396 e. The summed E-state index contributed by atoms with van der Waals surface area (Å²) in [7, 11) is 0. The lowest BCUT2D eigenvalue weighted by Gasteiger charge is -2.41. The normalized spacial score (nSPS) is 33.1. The third-order valence-corrected chi connectivity index (χ3v) is 4.96. The predicted molar refractivity (Wildman–Crippen MR) is 72.8 cm³/mol. The Balaban J connectivity index is 2.07. The van der Waals surface area contributed by atoms with Gasteiger partial charge in [0.1, 0.15) is 5.78 Å². The molecule has 1 N–H and O–H groups in total. The fourth-order valence-corrected chi connectivity index (χ4v) is 4.20. The first-order valence-electron chi connectivity index (χ1n) is 7.27. The highest BCUT2D eigenvalue weighted by atomic mass is 16.3. The molecule has 0 amide bonds. The number of aromatic nitrogens is 1. The Bertz CT molecular complexity index is 499. The summed E-state index contributed by atoms with van der Waals surface area (Å²) in [5, 5.41) is 9.17. The van der Waals surface area contributed by atoms with Crippen molar-refractivity contribution in [1.29, 1.82) is 0 Å². The lowest BCUT2D eigenvalue weighted by Crippen LogP contribution is -2.45. The van der Waals surface area contributed by atoms with E-state index in [0.717, 1.165) is 30.5 Å². The van der Waals surface area contributed by atoms with Gasteiger partial charge in [-0.2, -0.15) is 0 Å². The zero-order valence-electron chi connectivity index (χ0n) is 11.4. The van der Waals surface area contributed by atoms with Crippen LogP contribution < -0.4 is 0 Å². The Morgan fingerprint density at radius 2 is 2.32 bits per heavy atom. The maximum Gasteiger partial charge on any atom is 0.144 e. The van der Waals surface area contributed by atoms with Crippen LogP contribution in [0.25, 0.3) is 0 Å². The lowest BCUT2D eigenvalue weighted by atomic mass is 9.61. The highest BCUT2D eigenvalue weighted by molar-refractivity contribution is 5.92. The number of nitrogens with zero attached hydrogens (tertiary/aromatic N) is 1.